The molecule has 3 heteroatoms. The van der Waals surface area contributed by atoms with Crippen molar-refractivity contribution < 1.29 is 4.74 Å². The second kappa shape index (κ2) is 4.08. The lowest BCUT2D eigenvalue weighted by atomic mass is 9.86. The summed E-state index contributed by atoms with van der Waals surface area (Å²) in [6.07, 6.45) is 2.92. The van der Waals surface area contributed by atoms with Crippen LogP contribution in [0.15, 0.2) is 0 Å². The number of hydrogen-bond acceptors (Lipinski definition) is 3. The monoisotopic (exact) mass is 182 g/mol. The van der Waals surface area contributed by atoms with E-state index in [9.17, 15) is 5.26 Å². The third kappa shape index (κ3) is 2.01. The normalized spacial score (nSPS) is 34.5. The van der Waals surface area contributed by atoms with Gasteiger partial charge in [-0.25, -0.2) is 0 Å². The summed E-state index contributed by atoms with van der Waals surface area (Å²) in [7, 11) is 3.95. The van der Waals surface area contributed by atoms with E-state index in [0.29, 0.717) is 6.61 Å². The SMILES string of the molecule is CCC1CC(C#N)(N(C)C)CCO1. The van der Waals surface area contributed by atoms with Crippen molar-refractivity contribution in [1.82, 2.24) is 4.90 Å². The molecule has 0 bridgehead atoms. The van der Waals surface area contributed by atoms with Gasteiger partial charge in [0.1, 0.15) is 5.54 Å². The molecular weight excluding hydrogens is 164 g/mol. The summed E-state index contributed by atoms with van der Waals surface area (Å²) >= 11 is 0. The van der Waals surface area contributed by atoms with Gasteiger partial charge in [0.2, 0.25) is 0 Å². The van der Waals surface area contributed by atoms with Crippen LogP contribution in [-0.2, 0) is 4.74 Å². The second-order valence-electron chi connectivity index (χ2n) is 3.89. The van der Waals surface area contributed by atoms with E-state index >= 15 is 0 Å². The molecule has 0 aromatic carbocycles. The van der Waals surface area contributed by atoms with Gasteiger partial charge in [-0.05, 0) is 20.5 Å². The largest absolute Gasteiger partial charge is 0.378 e. The Kier molecular flexibility index (Phi) is 3.29. The molecule has 0 radical (unpaired) electrons. The summed E-state index contributed by atoms with van der Waals surface area (Å²) in [4.78, 5) is 2.03. The van der Waals surface area contributed by atoms with E-state index in [2.05, 4.69) is 13.0 Å². The van der Waals surface area contributed by atoms with E-state index in [-0.39, 0.29) is 11.6 Å². The van der Waals surface area contributed by atoms with E-state index in [1.807, 2.05) is 19.0 Å². The van der Waals surface area contributed by atoms with Gasteiger partial charge < -0.3 is 4.74 Å². The Balaban J connectivity index is 2.71. The third-order valence-electron chi connectivity index (χ3n) is 2.95. The molecule has 0 saturated carbocycles. The van der Waals surface area contributed by atoms with Crippen LogP contribution in [0.25, 0.3) is 0 Å². The summed E-state index contributed by atoms with van der Waals surface area (Å²) in [6, 6.07) is 2.43. The molecule has 3 nitrogen and oxygen atoms in total. The Labute approximate surface area is 80.3 Å². The van der Waals surface area contributed by atoms with E-state index in [1.54, 1.807) is 0 Å². The van der Waals surface area contributed by atoms with Gasteiger partial charge in [0.15, 0.2) is 0 Å². The number of hydrogen-bond donors (Lipinski definition) is 0. The van der Waals surface area contributed by atoms with E-state index in [4.69, 9.17) is 4.74 Å². The highest BCUT2D eigenvalue weighted by Crippen LogP contribution is 2.29. The highest BCUT2D eigenvalue weighted by molar-refractivity contribution is 5.09. The quantitative estimate of drug-likeness (QED) is 0.647. The molecule has 1 heterocycles. The van der Waals surface area contributed by atoms with Gasteiger partial charge in [0.25, 0.3) is 0 Å². The van der Waals surface area contributed by atoms with E-state index in [1.165, 1.54) is 0 Å². The van der Waals surface area contributed by atoms with Crippen LogP contribution in [0.3, 0.4) is 0 Å². The molecule has 0 amide bonds. The maximum Gasteiger partial charge on any atom is 0.113 e. The van der Waals surface area contributed by atoms with Crippen molar-refractivity contribution in [2.75, 3.05) is 20.7 Å². The summed E-state index contributed by atoms with van der Waals surface area (Å²) in [5.41, 5.74) is -0.293. The van der Waals surface area contributed by atoms with Crippen LogP contribution in [0.1, 0.15) is 26.2 Å². The van der Waals surface area contributed by atoms with Crippen molar-refractivity contribution in [2.45, 2.75) is 37.8 Å². The van der Waals surface area contributed by atoms with E-state index in [0.717, 1.165) is 19.3 Å². The fraction of sp³-hybridized carbons (Fsp3) is 0.900. The Bertz CT molecular complexity index is 209. The van der Waals surface area contributed by atoms with Crippen molar-refractivity contribution in [2.24, 2.45) is 0 Å². The molecule has 0 aliphatic carbocycles. The van der Waals surface area contributed by atoms with Gasteiger partial charge in [-0.2, -0.15) is 5.26 Å². The Morgan fingerprint density at radius 3 is 2.77 bits per heavy atom. The third-order valence-corrected chi connectivity index (χ3v) is 2.95. The molecule has 0 N–H and O–H groups in total. The van der Waals surface area contributed by atoms with Gasteiger partial charge in [-0.3, -0.25) is 4.90 Å². The molecule has 13 heavy (non-hydrogen) atoms. The average molecular weight is 182 g/mol. The van der Waals surface area contributed by atoms with Crippen LogP contribution in [-0.4, -0.2) is 37.2 Å². The Hall–Kier alpha value is -0.590. The Morgan fingerprint density at radius 1 is 1.62 bits per heavy atom. The fourth-order valence-corrected chi connectivity index (χ4v) is 1.80. The number of rotatable bonds is 2. The minimum atomic E-state index is -0.293. The highest BCUT2D eigenvalue weighted by atomic mass is 16.5. The van der Waals surface area contributed by atoms with Gasteiger partial charge in [-0.15, -0.1) is 0 Å². The minimum absolute atomic E-state index is 0.260. The molecule has 0 spiro atoms. The second-order valence-corrected chi connectivity index (χ2v) is 3.89. The average Bonchev–Trinajstić information content (AvgIpc) is 2.17. The lowest BCUT2D eigenvalue weighted by Gasteiger charge is -2.40. The number of nitriles is 1. The smallest absolute Gasteiger partial charge is 0.113 e. The molecule has 1 aliphatic heterocycles. The lowest BCUT2D eigenvalue weighted by Crippen LogP contribution is -2.49. The first-order valence-electron chi connectivity index (χ1n) is 4.85. The molecular formula is C10H18N2O. The molecule has 1 fully saturated rings. The topological polar surface area (TPSA) is 36.3 Å². The molecule has 2 unspecified atom stereocenters. The lowest BCUT2D eigenvalue weighted by molar-refractivity contribution is -0.0412. The molecule has 0 aromatic heterocycles. The Morgan fingerprint density at radius 2 is 2.31 bits per heavy atom. The highest BCUT2D eigenvalue weighted by Gasteiger charge is 2.38. The zero-order valence-corrected chi connectivity index (χ0v) is 8.71. The zero-order chi connectivity index (χ0) is 9.90. The van der Waals surface area contributed by atoms with Gasteiger partial charge in [0.05, 0.1) is 12.2 Å². The predicted molar refractivity (Wildman–Crippen MR) is 51.3 cm³/mol. The zero-order valence-electron chi connectivity index (χ0n) is 8.71. The summed E-state index contributed by atoms with van der Waals surface area (Å²) in [5, 5.41) is 9.18. The van der Waals surface area contributed by atoms with Crippen LogP contribution in [0.4, 0.5) is 0 Å². The maximum absolute atomic E-state index is 9.18. The van der Waals surface area contributed by atoms with Crippen molar-refractivity contribution >= 4 is 0 Å². The van der Waals surface area contributed by atoms with Gasteiger partial charge in [-0.1, -0.05) is 6.92 Å². The van der Waals surface area contributed by atoms with Crippen LogP contribution < -0.4 is 0 Å². The first-order valence-corrected chi connectivity index (χ1v) is 4.85. The molecule has 1 rings (SSSR count). The summed E-state index contributed by atoms with van der Waals surface area (Å²) < 4.78 is 5.56. The van der Waals surface area contributed by atoms with Crippen LogP contribution in [0, 0.1) is 11.3 Å². The molecule has 1 aliphatic rings. The van der Waals surface area contributed by atoms with Crippen molar-refractivity contribution in [3.05, 3.63) is 0 Å². The fourth-order valence-electron chi connectivity index (χ4n) is 1.80. The molecule has 74 valence electrons. The first kappa shape index (κ1) is 10.5. The van der Waals surface area contributed by atoms with Crippen LogP contribution >= 0.6 is 0 Å². The van der Waals surface area contributed by atoms with Crippen molar-refractivity contribution in [3.63, 3.8) is 0 Å². The number of ether oxygens (including phenoxy) is 1. The maximum atomic E-state index is 9.18. The standard InChI is InChI=1S/C10H18N2O/c1-4-9-7-10(8-11,12(2)3)5-6-13-9/h9H,4-7H2,1-3H3. The van der Waals surface area contributed by atoms with Crippen LogP contribution in [0.5, 0.6) is 0 Å². The number of nitrogens with zero attached hydrogens (tertiary/aromatic N) is 2. The first-order chi connectivity index (χ1) is 6.14. The minimum Gasteiger partial charge on any atom is -0.378 e. The molecule has 1 saturated heterocycles. The summed E-state index contributed by atoms with van der Waals surface area (Å²) in [6.45, 7) is 2.82. The van der Waals surface area contributed by atoms with Gasteiger partial charge in [0, 0.05) is 19.4 Å². The van der Waals surface area contributed by atoms with Gasteiger partial charge >= 0.3 is 0 Å². The molecule has 0 aromatic rings. The van der Waals surface area contributed by atoms with Crippen LogP contribution in [0.2, 0.25) is 0 Å². The van der Waals surface area contributed by atoms with Crippen molar-refractivity contribution in [1.29, 1.82) is 5.26 Å². The van der Waals surface area contributed by atoms with Crippen molar-refractivity contribution in [3.8, 4) is 6.07 Å². The van der Waals surface area contributed by atoms with E-state index < -0.39 is 0 Å². The predicted octanol–water partition coefficient (Wildman–Crippen LogP) is 1.40. The summed E-state index contributed by atoms with van der Waals surface area (Å²) in [5.74, 6) is 0. The molecule has 2 atom stereocenters.